The van der Waals surface area contributed by atoms with Crippen LogP contribution >= 0.6 is 0 Å². The van der Waals surface area contributed by atoms with E-state index in [1.54, 1.807) is 0 Å². The number of nitrogens with zero attached hydrogens (tertiary/aromatic N) is 2. The van der Waals surface area contributed by atoms with E-state index >= 15 is 0 Å². The van der Waals surface area contributed by atoms with Crippen LogP contribution in [0.3, 0.4) is 0 Å². The summed E-state index contributed by atoms with van der Waals surface area (Å²) in [5.41, 5.74) is 0. The van der Waals surface area contributed by atoms with Gasteiger partial charge >= 0.3 is 0 Å². The second-order valence-electron chi connectivity index (χ2n) is 6.77. The second-order valence-corrected chi connectivity index (χ2v) is 6.77. The van der Waals surface area contributed by atoms with Crippen LogP contribution in [0.25, 0.3) is 0 Å². The first kappa shape index (κ1) is 16.8. The number of hydrogen-bond donors (Lipinski definition) is 1. The lowest BCUT2D eigenvalue weighted by molar-refractivity contribution is -0.121. The molecule has 21 heavy (non-hydrogen) atoms. The minimum absolute atomic E-state index is 0.225. The van der Waals surface area contributed by atoms with E-state index in [-0.39, 0.29) is 5.91 Å². The van der Waals surface area contributed by atoms with Crippen molar-refractivity contribution >= 4 is 5.91 Å². The highest BCUT2D eigenvalue weighted by Gasteiger charge is 2.21. The molecule has 4 nitrogen and oxygen atoms in total. The maximum atomic E-state index is 11.6. The summed E-state index contributed by atoms with van der Waals surface area (Å²) in [6.45, 7) is 10.4. The zero-order valence-corrected chi connectivity index (χ0v) is 13.8. The fourth-order valence-electron chi connectivity index (χ4n) is 3.56. The van der Waals surface area contributed by atoms with Gasteiger partial charge in [0, 0.05) is 32.6 Å². The predicted molar refractivity (Wildman–Crippen MR) is 87.4 cm³/mol. The van der Waals surface area contributed by atoms with Crippen molar-refractivity contribution in [3.05, 3.63) is 0 Å². The average Bonchev–Trinajstić information content (AvgIpc) is 2.53. The summed E-state index contributed by atoms with van der Waals surface area (Å²) in [5, 5.41) is 3.10. The number of piperidine rings is 2. The Morgan fingerprint density at radius 1 is 1.05 bits per heavy atom. The van der Waals surface area contributed by atoms with Crippen LogP contribution in [0.1, 0.15) is 51.9 Å². The van der Waals surface area contributed by atoms with Gasteiger partial charge in [-0.05, 0) is 57.7 Å². The Balaban J connectivity index is 1.62. The molecule has 4 heteroatoms. The van der Waals surface area contributed by atoms with Gasteiger partial charge in [-0.15, -0.1) is 0 Å². The second kappa shape index (κ2) is 9.42. The Morgan fingerprint density at radius 2 is 1.76 bits per heavy atom. The number of hydrogen-bond acceptors (Lipinski definition) is 3. The molecular weight excluding hydrogens is 262 g/mol. The molecule has 0 aliphatic carbocycles. The number of amides is 1. The Labute approximate surface area is 130 Å². The summed E-state index contributed by atoms with van der Waals surface area (Å²) in [6, 6.07) is 0. The van der Waals surface area contributed by atoms with Gasteiger partial charge in [-0.3, -0.25) is 4.79 Å². The van der Waals surface area contributed by atoms with Gasteiger partial charge in [-0.2, -0.15) is 0 Å². The van der Waals surface area contributed by atoms with Gasteiger partial charge in [0.2, 0.25) is 5.91 Å². The largest absolute Gasteiger partial charge is 0.356 e. The van der Waals surface area contributed by atoms with E-state index in [9.17, 15) is 4.79 Å². The lowest BCUT2D eigenvalue weighted by Gasteiger charge is -2.35. The molecule has 0 saturated carbocycles. The number of rotatable bonds is 7. The van der Waals surface area contributed by atoms with Crippen LogP contribution in [-0.2, 0) is 4.79 Å². The van der Waals surface area contributed by atoms with E-state index in [1.807, 2.05) is 0 Å². The number of carbonyl (C=O) groups excluding carboxylic acids is 1. The zero-order valence-electron chi connectivity index (χ0n) is 13.8. The third kappa shape index (κ3) is 6.35. The maximum absolute atomic E-state index is 11.6. The Hall–Kier alpha value is -0.610. The molecular formula is C17H33N3O. The van der Waals surface area contributed by atoms with Crippen LogP contribution in [0, 0.1) is 5.92 Å². The van der Waals surface area contributed by atoms with Gasteiger partial charge in [0.1, 0.15) is 0 Å². The smallest absolute Gasteiger partial charge is 0.219 e. The van der Waals surface area contributed by atoms with Crippen LogP contribution in [0.4, 0.5) is 0 Å². The number of carbonyl (C=O) groups is 1. The predicted octanol–water partition coefficient (Wildman–Crippen LogP) is 2.10. The van der Waals surface area contributed by atoms with Gasteiger partial charge in [0.15, 0.2) is 0 Å². The average molecular weight is 295 g/mol. The quantitative estimate of drug-likeness (QED) is 0.781. The fraction of sp³-hybridized carbons (Fsp3) is 0.941. The SMILES string of the molecule is CCCC(=O)NCC1CCCN(CCN2CCCCC2)C1. The molecule has 2 fully saturated rings. The Morgan fingerprint density at radius 3 is 2.52 bits per heavy atom. The highest BCUT2D eigenvalue weighted by atomic mass is 16.1. The Bertz CT molecular complexity index is 302. The minimum Gasteiger partial charge on any atom is -0.356 e. The summed E-state index contributed by atoms with van der Waals surface area (Å²) in [6.07, 6.45) is 8.35. The first-order valence-electron chi connectivity index (χ1n) is 8.99. The van der Waals surface area contributed by atoms with Crippen molar-refractivity contribution in [2.75, 3.05) is 45.8 Å². The molecule has 2 heterocycles. The summed E-state index contributed by atoms with van der Waals surface area (Å²) in [7, 11) is 0. The van der Waals surface area contributed by atoms with Crippen molar-refractivity contribution in [1.82, 2.24) is 15.1 Å². The van der Waals surface area contributed by atoms with Crippen molar-refractivity contribution in [2.45, 2.75) is 51.9 Å². The van der Waals surface area contributed by atoms with E-state index in [0.717, 1.165) is 13.0 Å². The van der Waals surface area contributed by atoms with E-state index in [4.69, 9.17) is 0 Å². The van der Waals surface area contributed by atoms with Crippen LogP contribution in [0.5, 0.6) is 0 Å². The number of likely N-dealkylation sites (tertiary alicyclic amines) is 2. The molecule has 1 unspecified atom stereocenters. The van der Waals surface area contributed by atoms with E-state index in [1.165, 1.54) is 71.4 Å². The third-order valence-electron chi connectivity index (χ3n) is 4.85. The lowest BCUT2D eigenvalue weighted by atomic mass is 9.98. The number of nitrogens with one attached hydrogen (secondary N) is 1. The maximum Gasteiger partial charge on any atom is 0.219 e. The van der Waals surface area contributed by atoms with Crippen LogP contribution < -0.4 is 5.32 Å². The molecule has 1 N–H and O–H groups in total. The van der Waals surface area contributed by atoms with E-state index < -0.39 is 0 Å². The van der Waals surface area contributed by atoms with Gasteiger partial charge in [-0.25, -0.2) is 0 Å². The zero-order chi connectivity index (χ0) is 14.9. The van der Waals surface area contributed by atoms with E-state index in [0.29, 0.717) is 12.3 Å². The summed E-state index contributed by atoms with van der Waals surface area (Å²) in [4.78, 5) is 16.8. The molecule has 1 atom stereocenters. The van der Waals surface area contributed by atoms with Crippen molar-refractivity contribution in [2.24, 2.45) is 5.92 Å². The molecule has 2 aliphatic heterocycles. The van der Waals surface area contributed by atoms with Gasteiger partial charge in [0.25, 0.3) is 0 Å². The van der Waals surface area contributed by atoms with Crippen molar-refractivity contribution < 1.29 is 4.79 Å². The molecule has 2 aliphatic rings. The van der Waals surface area contributed by atoms with Gasteiger partial charge in [-0.1, -0.05) is 13.3 Å². The molecule has 2 saturated heterocycles. The standard InChI is InChI=1S/C17H33N3O/c1-2-7-17(21)18-14-16-8-6-11-20(15-16)13-12-19-9-4-3-5-10-19/h16H,2-15H2,1H3,(H,18,21). The highest BCUT2D eigenvalue weighted by Crippen LogP contribution is 2.16. The summed E-state index contributed by atoms with van der Waals surface area (Å²) in [5.74, 6) is 0.879. The molecule has 0 radical (unpaired) electrons. The van der Waals surface area contributed by atoms with E-state index in [2.05, 4.69) is 22.0 Å². The Kier molecular flexibility index (Phi) is 7.51. The molecule has 0 aromatic heterocycles. The fourth-order valence-corrected chi connectivity index (χ4v) is 3.56. The van der Waals surface area contributed by atoms with Gasteiger partial charge in [0.05, 0.1) is 0 Å². The molecule has 122 valence electrons. The first-order valence-corrected chi connectivity index (χ1v) is 8.99. The molecule has 1 amide bonds. The monoisotopic (exact) mass is 295 g/mol. The lowest BCUT2D eigenvalue weighted by Crippen LogP contribution is -2.44. The minimum atomic E-state index is 0.225. The van der Waals surface area contributed by atoms with Gasteiger partial charge < -0.3 is 15.1 Å². The van der Waals surface area contributed by atoms with Crippen LogP contribution in [-0.4, -0.2) is 61.5 Å². The molecule has 0 aromatic carbocycles. The molecule has 0 bridgehead atoms. The topological polar surface area (TPSA) is 35.6 Å². The molecule has 0 aromatic rings. The third-order valence-corrected chi connectivity index (χ3v) is 4.85. The van der Waals surface area contributed by atoms with Crippen LogP contribution in [0.2, 0.25) is 0 Å². The summed E-state index contributed by atoms with van der Waals surface area (Å²) >= 11 is 0. The summed E-state index contributed by atoms with van der Waals surface area (Å²) < 4.78 is 0. The first-order chi connectivity index (χ1) is 10.3. The molecule has 0 spiro atoms. The van der Waals surface area contributed by atoms with Crippen molar-refractivity contribution in [3.63, 3.8) is 0 Å². The molecule has 2 rings (SSSR count). The van der Waals surface area contributed by atoms with Crippen molar-refractivity contribution in [3.8, 4) is 0 Å². The van der Waals surface area contributed by atoms with Crippen molar-refractivity contribution in [1.29, 1.82) is 0 Å². The van der Waals surface area contributed by atoms with Crippen LogP contribution in [0.15, 0.2) is 0 Å². The normalized spacial score (nSPS) is 24.9. The highest BCUT2D eigenvalue weighted by molar-refractivity contribution is 5.75.